The SMILES string of the molecule is O=S(=O)(NC(CO)c1ccco1)c1cccc2cnccc12. The van der Waals surface area contributed by atoms with Crippen LogP contribution in [-0.2, 0) is 10.0 Å². The topological polar surface area (TPSA) is 92.4 Å². The lowest BCUT2D eigenvalue weighted by Crippen LogP contribution is -2.30. The third-order valence-electron chi connectivity index (χ3n) is 3.30. The van der Waals surface area contributed by atoms with Gasteiger partial charge in [0, 0.05) is 23.2 Å². The summed E-state index contributed by atoms with van der Waals surface area (Å²) in [5.74, 6) is 0.355. The zero-order valence-corrected chi connectivity index (χ0v) is 12.3. The first-order valence-electron chi connectivity index (χ1n) is 6.61. The van der Waals surface area contributed by atoms with Gasteiger partial charge in [-0.05, 0) is 24.3 Å². The van der Waals surface area contributed by atoms with Crippen molar-refractivity contribution in [1.82, 2.24) is 9.71 Å². The number of aliphatic hydroxyl groups is 1. The van der Waals surface area contributed by atoms with Crippen molar-refractivity contribution in [2.75, 3.05) is 6.61 Å². The molecule has 1 aromatic carbocycles. The van der Waals surface area contributed by atoms with E-state index in [1.807, 2.05) is 0 Å². The maximum Gasteiger partial charge on any atom is 0.241 e. The molecule has 3 aromatic rings. The summed E-state index contributed by atoms with van der Waals surface area (Å²) in [6, 6.07) is 9.01. The molecular formula is C15H14N2O4S. The summed E-state index contributed by atoms with van der Waals surface area (Å²) < 4.78 is 32.9. The van der Waals surface area contributed by atoms with E-state index in [4.69, 9.17) is 4.42 Å². The minimum atomic E-state index is -3.82. The molecule has 3 rings (SSSR count). The van der Waals surface area contributed by atoms with Crippen molar-refractivity contribution in [1.29, 1.82) is 0 Å². The Morgan fingerprint density at radius 3 is 2.82 bits per heavy atom. The molecule has 2 heterocycles. The average Bonchev–Trinajstić information content (AvgIpc) is 3.06. The van der Waals surface area contributed by atoms with E-state index < -0.39 is 22.7 Å². The van der Waals surface area contributed by atoms with Crippen LogP contribution in [0.4, 0.5) is 0 Å². The second-order valence-electron chi connectivity index (χ2n) is 4.72. The number of furan rings is 1. The highest BCUT2D eigenvalue weighted by Gasteiger charge is 2.24. The van der Waals surface area contributed by atoms with Gasteiger partial charge in [-0.2, -0.15) is 4.72 Å². The van der Waals surface area contributed by atoms with Gasteiger partial charge in [-0.25, -0.2) is 8.42 Å². The van der Waals surface area contributed by atoms with Crippen molar-refractivity contribution in [3.63, 3.8) is 0 Å². The highest BCUT2D eigenvalue weighted by molar-refractivity contribution is 7.89. The van der Waals surface area contributed by atoms with E-state index >= 15 is 0 Å². The molecule has 0 bridgehead atoms. The molecule has 0 aliphatic carbocycles. The van der Waals surface area contributed by atoms with E-state index in [0.717, 1.165) is 5.39 Å². The van der Waals surface area contributed by atoms with Gasteiger partial charge in [-0.1, -0.05) is 12.1 Å². The number of rotatable bonds is 5. The van der Waals surface area contributed by atoms with E-state index in [1.165, 1.54) is 18.5 Å². The van der Waals surface area contributed by atoms with Crippen LogP contribution in [0.1, 0.15) is 11.8 Å². The Morgan fingerprint density at radius 2 is 2.09 bits per heavy atom. The molecule has 0 amide bonds. The summed E-state index contributed by atoms with van der Waals surface area (Å²) in [4.78, 5) is 4.12. The lowest BCUT2D eigenvalue weighted by atomic mass is 10.2. The fraction of sp³-hybridized carbons (Fsp3) is 0.133. The summed E-state index contributed by atoms with van der Waals surface area (Å²) in [5.41, 5.74) is 0. The highest BCUT2D eigenvalue weighted by Crippen LogP contribution is 2.24. The van der Waals surface area contributed by atoms with Crippen molar-refractivity contribution >= 4 is 20.8 Å². The predicted octanol–water partition coefficient (Wildman–Crippen LogP) is 1.84. The van der Waals surface area contributed by atoms with Crippen LogP contribution >= 0.6 is 0 Å². The molecule has 0 spiro atoms. The smallest absolute Gasteiger partial charge is 0.241 e. The van der Waals surface area contributed by atoms with Crippen LogP contribution in [0.15, 0.2) is 64.4 Å². The highest BCUT2D eigenvalue weighted by atomic mass is 32.2. The Bertz CT molecular complexity index is 870. The van der Waals surface area contributed by atoms with Crippen molar-refractivity contribution in [3.05, 3.63) is 60.8 Å². The van der Waals surface area contributed by atoms with Gasteiger partial charge >= 0.3 is 0 Å². The summed E-state index contributed by atoms with van der Waals surface area (Å²) in [6.07, 6.45) is 4.57. The fourth-order valence-electron chi connectivity index (χ4n) is 2.25. The maximum atomic E-state index is 12.6. The molecule has 0 aliphatic heterocycles. The molecule has 7 heteroatoms. The minimum absolute atomic E-state index is 0.136. The largest absolute Gasteiger partial charge is 0.468 e. The zero-order valence-electron chi connectivity index (χ0n) is 11.5. The molecule has 0 fully saturated rings. The first kappa shape index (κ1) is 14.7. The third kappa shape index (κ3) is 2.74. The van der Waals surface area contributed by atoms with E-state index in [0.29, 0.717) is 11.1 Å². The van der Waals surface area contributed by atoms with Crippen LogP contribution in [0.5, 0.6) is 0 Å². The Morgan fingerprint density at radius 1 is 1.23 bits per heavy atom. The van der Waals surface area contributed by atoms with Gasteiger partial charge in [-0.15, -0.1) is 0 Å². The number of sulfonamides is 1. The van der Waals surface area contributed by atoms with Crippen LogP contribution < -0.4 is 4.72 Å². The number of nitrogens with one attached hydrogen (secondary N) is 1. The van der Waals surface area contributed by atoms with Gasteiger partial charge in [0.05, 0.1) is 17.8 Å². The molecule has 0 saturated heterocycles. The lowest BCUT2D eigenvalue weighted by Gasteiger charge is -2.15. The number of aromatic nitrogens is 1. The van der Waals surface area contributed by atoms with Gasteiger partial charge < -0.3 is 9.52 Å². The van der Waals surface area contributed by atoms with Crippen molar-refractivity contribution in [2.45, 2.75) is 10.9 Å². The number of fused-ring (bicyclic) bond motifs is 1. The van der Waals surface area contributed by atoms with E-state index in [2.05, 4.69) is 9.71 Å². The van der Waals surface area contributed by atoms with Crippen molar-refractivity contribution < 1.29 is 17.9 Å². The fourth-order valence-corrected chi connectivity index (χ4v) is 3.68. The molecular weight excluding hydrogens is 304 g/mol. The van der Waals surface area contributed by atoms with Crippen molar-refractivity contribution in [3.8, 4) is 0 Å². The van der Waals surface area contributed by atoms with Gasteiger partial charge in [0.25, 0.3) is 0 Å². The number of pyridine rings is 1. The molecule has 2 aromatic heterocycles. The first-order valence-corrected chi connectivity index (χ1v) is 8.09. The van der Waals surface area contributed by atoms with Gasteiger partial charge in [0.1, 0.15) is 11.8 Å². The van der Waals surface area contributed by atoms with Gasteiger partial charge in [0.15, 0.2) is 0 Å². The minimum Gasteiger partial charge on any atom is -0.468 e. The number of aliphatic hydroxyl groups excluding tert-OH is 1. The summed E-state index contributed by atoms with van der Waals surface area (Å²) in [5, 5.41) is 10.7. The molecule has 1 atom stereocenters. The first-order chi connectivity index (χ1) is 10.6. The van der Waals surface area contributed by atoms with Gasteiger partial charge in [-0.3, -0.25) is 4.98 Å². The van der Waals surface area contributed by atoms with Crippen LogP contribution in [0.2, 0.25) is 0 Å². The molecule has 114 valence electrons. The Kier molecular flexibility index (Phi) is 3.93. The summed E-state index contributed by atoms with van der Waals surface area (Å²) in [6.45, 7) is -0.404. The predicted molar refractivity (Wildman–Crippen MR) is 80.6 cm³/mol. The van der Waals surface area contributed by atoms with Crippen molar-refractivity contribution in [2.24, 2.45) is 0 Å². The van der Waals surface area contributed by atoms with E-state index in [-0.39, 0.29) is 4.90 Å². The number of hydrogen-bond acceptors (Lipinski definition) is 5. The quantitative estimate of drug-likeness (QED) is 0.749. The average molecular weight is 318 g/mol. The lowest BCUT2D eigenvalue weighted by molar-refractivity contribution is 0.242. The van der Waals surface area contributed by atoms with Gasteiger partial charge in [0.2, 0.25) is 10.0 Å². The zero-order chi connectivity index (χ0) is 15.6. The Balaban J connectivity index is 2.01. The Hall–Kier alpha value is -2.22. The molecule has 0 aliphatic rings. The number of nitrogens with zero attached hydrogens (tertiary/aromatic N) is 1. The Labute approximate surface area is 127 Å². The third-order valence-corrected chi connectivity index (χ3v) is 4.83. The summed E-state index contributed by atoms with van der Waals surface area (Å²) >= 11 is 0. The standard InChI is InChI=1S/C15H14N2O4S/c18-10-13(14-4-2-8-21-14)17-22(19,20)15-5-1-3-11-9-16-7-6-12(11)15/h1-9,13,17-18H,10H2. The molecule has 0 radical (unpaired) electrons. The normalized spacial score (nSPS) is 13.3. The molecule has 2 N–H and O–H groups in total. The van der Waals surface area contributed by atoms with Crippen LogP contribution in [-0.4, -0.2) is 25.1 Å². The number of hydrogen-bond donors (Lipinski definition) is 2. The summed E-state index contributed by atoms with van der Waals surface area (Å²) in [7, 11) is -3.82. The van der Waals surface area contributed by atoms with Crippen LogP contribution in [0, 0.1) is 0 Å². The second-order valence-corrected chi connectivity index (χ2v) is 6.41. The molecule has 0 saturated carbocycles. The monoisotopic (exact) mass is 318 g/mol. The molecule has 1 unspecified atom stereocenters. The van der Waals surface area contributed by atoms with E-state index in [1.54, 1.807) is 36.5 Å². The van der Waals surface area contributed by atoms with Crippen LogP contribution in [0.25, 0.3) is 10.8 Å². The molecule has 6 nitrogen and oxygen atoms in total. The number of benzene rings is 1. The van der Waals surface area contributed by atoms with Crippen LogP contribution in [0.3, 0.4) is 0 Å². The second kappa shape index (κ2) is 5.88. The van der Waals surface area contributed by atoms with E-state index in [9.17, 15) is 13.5 Å². The maximum absolute atomic E-state index is 12.6. The molecule has 22 heavy (non-hydrogen) atoms.